The third kappa shape index (κ3) is 5.44. The number of hydrogen-bond donors (Lipinski definition) is 2. The number of rotatable bonds is 7. The van der Waals surface area contributed by atoms with Crippen LogP contribution in [-0.4, -0.2) is 43.3 Å². The summed E-state index contributed by atoms with van der Waals surface area (Å²) >= 11 is 0. The Morgan fingerprint density at radius 3 is 2.64 bits per heavy atom. The van der Waals surface area contributed by atoms with Crippen molar-refractivity contribution < 1.29 is 24.2 Å². The van der Waals surface area contributed by atoms with E-state index in [0.717, 1.165) is 23.5 Å². The molecule has 4 rings (SSSR count). The van der Waals surface area contributed by atoms with E-state index in [1.807, 2.05) is 38.2 Å². The van der Waals surface area contributed by atoms with E-state index in [-0.39, 0.29) is 18.4 Å². The summed E-state index contributed by atoms with van der Waals surface area (Å²) in [5, 5.41) is 11.9. The van der Waals surface area contributed by atoms with E-state index in [1.54, 1.807) is 42.5 Å². The molecule has 1 aliphatic rings. The molecule has 2 N–H and O–H groups in total. The van der Waals surface area contributed by atoms with Crippen LogP contribution >= 0.6 is 0 Å². The SMILES string of the molecule is Cc1ccc(NC(=O)c2ccc(OC[C@@H]3CN(C)c4ccccc4O3)cc2)cc1CC(=O)O. The van der Waals surface area contributed by atoms with Gasteiger partial charge in [0.25, 0.3) is 5.91 Å². The summed E-state index contributed by atoms with van der Waals surface area (Å²) in [5.41, 5.74) is 3.63. The van der Waals surface area contributed by atoms with Crippen LogP contribution < -0.4 is 19.7 Å². The Morgan fingerprint density at radius 2 is 1.88 bits per heavy atom. The average molecular weight is 447 g/mol. The van der Waals surface area contributed by atoms with E-state index in [4.69, 9.17) is 14.6 Å². The first-order chi connectivity index (χ1) is 15.9. The number of carboxylic acids is 1. The molecule has 0 fully saturated rings. The first-order valence-electron chi connectivity index (χ1n) is 10.7. The molecule has 3 aromatic rings. The number of benzene rings is 3. The molecule has 7 nitrogen and oxygen atoms in total. The maximum atomic E-state index is 12.6. The van der Waals surface area contributed by atoms with E-state index in [1.165, 1.54) is 0 Å². The highest BCUT2D eigenvalue weighted by atomic mass is 16.5. The van der Waals surface area contributed by atoms with Crippen molar-refractivity contribution in [1.29, 1.82) is 0 Å². The minimum Gasteiger partial charge on any atom is -0.490 e. The van der Waals surface area contributed by atoms with Gasteiger partial charge in [-0.2, -0.15) is 0 Å². The van der Waals surface area contributed by atoms with Crippen LogP contribution in [0.5, 0.6) is 11.5 Å². The zero-order chi connectivity index (χ0) is 23.4. The molecule has 0 aromatic heterocycles. The number of aliphatic carboxylic acids is 1. The maximum absolute atomic E-state index is 12.6. The van der Waals surface area contributed by atoms with Crippen molar-refractivity contribution in [2.45, 2.75) is 19.4 Å². The molecular weight excluding hydrogens is 420 g/mol. The topological polar surface area (TPSA) is 88.1 Å². The quantitative estimate of drug-likeness (QED) is 0.567. The van der Waals surface area contributed by atoms with Crippen LogP contribution in [0.15, 0.2) is 66.7 Å². The van der Waals surface area contributed by atoms with Gasteiger partial charge in [-0.25, -0.2) is 0 Å². The first-order valence-corrected chi connectivity index (χ1v) is 10.7. The van der Waals surface area contributed by atoms with Gasteiger partial charge in [0.05, 0.1) is 18.7 Å². The molecular formula is C26H26N2O5. The fourth-order valence-electron chi connectivity index (χ4n) is 3.78. The van der Waals surface area contributed by atoms with E-state index < -0.39 is 5.97 Å². The molecule has 7 heteroatoms. The third-order valence-electron chi connectivity index (χ3n) is 5.55. The summed E-state index contributed by atoms with van der Waals surface area (Å²) in [6.07, 6.45) is -0.192. The number of amides is 1. The van der Waals surface area contributed by atoms with Gasteiger partial charge in [-0.3, -0.25) is 9.59 Å². The minimum absolute atomic E-state index is 0.0896. The zero-order valence-electron chi connectivity index (χ0n) is 18.6. The lowest BCUT2D eigenvalue weighted by molar-refractivity contribution is -0.136. The highest BCUT2D eigenvalue weighted by Gasteiger charge is 2.23. The standard InChI is InChI=1S/C26H26N2O5/c1-17-7-10-20(13-19(17)14-25(29)30)27-26(31)18-8-11-21(12-9-18)32-16-22-15-28(2)23-5-3-4-6-24(23)33-22/h3-13,22H,14-16H2,1-2H3,(H,27,31)(H,29,30)/t22-/m0/s1. The summed E-state index contributed by atoms with van der Waals surface area (Å²) in [6.45, 7) is 2.95. The number of anilines is 2. The number of hydrogen-bond acceptors (Lipinski definition) is 5. The summed E-state index contributed by atoms with van der Waals surface area (Å²) in [5.74, 6) is 0.303. The van der Waals surface area contributed by atoms with Gasteiger partial charge in [-0.15, -0.1) is 0 Å². The molecule has 33 heavy (non-hydrogen) atoms. The van der Waals surface area contributed by atoms with Crippen molar-refractivity contribution in [3.63, 3.8) is 0 Å². The molecule has 0 unspecified atom stereocenters. The molecule has 0 saturated heterocycles. The van der Waals surface area contributed by atoms with Crippen molar-refractivity contribution in [3.8, 4) is 11.5 Å². The van der Waals surface area contributed by atoms with E-state index >= 15 is 0 Å². The number of carbonyl (C=O) groups is 2. The predicted molar refractivity (Wildman–Crippen MR) is 127 cm³/mol. The van der Waals surface area contributed by atoms with Gasteiger partial charge >= 0.3 is 5.97 Å². The second-order valence-corrected chi connectivity index (χ2v) is 8.09. The molecule has 0 spiro atoms. The highest BCUT2D eigenvalue weighted by molar-refractivity contribution is 6.04. The number of likely N-dealkylation sites (N-methyl/N-ethyl adjacent to an activating group) is 1. The number of nitrogens with one attached hydrogen (secondary N) is 1. The molecule has 1 amide bonds. The maximum Gasteiger partial charge on any atom is 0.307 e. The van der Waals surface area contributed by atoms with Crippen LogP contribution in [0.25, 0.3) is 0 Å². The lowest BCUT2D eigenvalue weighted by atomic mass is 10.0. The Bertz CT molecular complexity index is 1160. The van der Waals surface area contributed by atoms with E-state index in [2.05, 4.69) is 10.2 Å². The van der Waals surface area contributed by atoms with Gasteiger partial charge in [0.1, 0.15) is 24.2 Å². The molecule has 0 aliphatic carbocycles. The molecule has 1 heterocycles. The fraction of sp³-hybridized carbons (Fsp3) is 0.231. The molecule has 170 valence electrons. The van der Waals surface area contributed by atoms with Crippen LogP contribution in [0.3, 0.4) is 0 Å². The lowest BCUT2D eigenvalue weighted by Gasteiger charge is -2.33. The fourth-order valence-corrected chi connectivity index (χ4v) is 3.78. The van der Waals surface area contributed by atoms with Crippen molar-refractivity contribution in [3.05, 3.63) is 83.4 Å². The van der Waals surface area contributed by atoms with Gasteiger partial charge in [0, 0.05) is 18.3 Å². The molecule has 0 bridgehead atoms. The van der Waals surface area contributed by atoms with Crippen molar-refractivity contribution in [2.75, 3.05) is 30.4 Å². The van der Waals surface area contributed by atoms with Gasteiger partial charge in [-0.05, 0) is 66.6 Å². The van der Waals surface area contributed by atoms with Gasteiger partial charge in [-0.1, -0.05) is 18.2 Å². The Labute approximate surface area is 192 Å². The second kappa shape index (κ2) is 9.65. The van der Waals surface area contributed by atoms with Crippen LogP contribution in [0.1, 0.15) is 21.5 Å². The number of nitrogens with zero attached hydrogens (tertiary/aromatic N) is 1. The normalized spacial score (nSPS) is 14.7. The van der Waals surface area contributed by atoms with Crippen LogP contribution in [-0.2, 0) is 11.2 Å². The molecule has 0 saturated carbocycles. The summed E-state index contributed by atoms with van der Waals surface area (Å²) < 4.78 is 11.9. The summed E-state index contributed by atoms with van der Waals surface area (Å²) in [7, 11) is 2.03. The van der Waals surface area contributed by atoms with E-state index in [0.29, 0.717) is 29.2 Å². The average Bonchev–Trinajstić information content (AvgIpc) is 2.80. The van der Waals surface area contributed by atoms with Crippen LogP contribution in [0, 0.1) is 6.92 Å². The lowest BCUT2D eigenvalue weighted by Crippen LogP contribution is -2.41. The molecule has 0 radical (unpaired) electrons. The summed E-state index contributed by atoms with van der Waals surface area (Å²) in [6, 6.07) is 20.1. The molecule has 1 aliphatic heterocycles. The largest absolute Gasteiger partial charge is 0.490 e. The first kappa shape index (κ1) is 22.2. The zero-order valence-corrected chi connectivity index (χ0v) is 18.6. The number of para-hydroxylation sites is 2. The minimum atomic E-state index is -0.911. The smallest absolute Gasteiger partial charge is 0.307 e. The van der Waals surface area contributed by atoms with Crippen molar-refractivity contribution in [1.82, 2.24) is 0 Å². The predicted octanol–water partition coefficient (Wildman–Crippen LogP) is 4.15. The Hall–Kier alpha value is -4.00. The Balaban J connectivity index is 1.34. The monoisotopic (exact) mass is 446 g/mol. The number of aryl methyl sites for hydroxylation is 1. The Kier molecular flexibility index (Phi) is 6.49. The van der Waals surface area contributed by atoms with Gasteiger partial charge < -0.3 is 24.8 Å². The number of fused-ring (bicyclic) bond motifs is 1. The molecule has 1 atom stereocenters. The van der Waals surface area contributed by atoms with Crippen molar-refractivity contribution >= 4 is 23.3 Å². The second-order valence-electron chi connectivity index (χ2n) is 8.09. The number of ether oxygens (including phenoxy) is 2. The van der Waals surface area contributed by atoms with Gasteiger partial charge in [0.15, 0.2) is 0 Å². The Morgan fingerprint density at radius 1 is 1.12 bits per heavy atom. The van der Waals surface area contributed by atoms with Crippen LogP contribution in [0.4, 0.5) is 11.4 Å². The van der Waals surface area contributed by atoms with Crippen LogP contribution in [0.2, 0.25) is 0 Å². The van der Waals surface area contributed by atoms with E-state index in [9.17, 15) is 9.59 Å². The summed E-state index contributed by atoms with van der Waals surface area (Å²) in [4.78, 5) is 25.8. The highest BCUT2D eigenvalue weighted by Crippen LogP contribution is 2.32. The number of carbonyl (C=O) groups excluding carboxylic acids is 1. The number of carboxylic acid groups (broad SMARTS) is 1. The van der Waals surface area contributed by atoms with Gasteiger partial charge in [0.2, 0.25) is 0 Å². The van der Waals surface area contributed by atoms with Crippen molar-refractivity contribution in [2.24, 2.45) is 0 Å². The third-order valence-corrected chi connectivity index (χ3v) is 5.55. The molecule has 3 aromatic carbocycles.